The zero-order valence-electron chi connectivity index (χ0n) is 15.2. The van der Waals surface area contributed by atoms with E-state index in [-0.39, 0.29) is 0 Å². The maximum atomic E-state index is 5.89. The summed E-state index contributed by atoms with van der Waals surface area (Å²) in [6.07, 6.45) is 7.78. The van der Waals surface area contributed by atoms with Gasteiger partial charge in [0.1, 0.15) is 10.6 Å². The first-order chi connectivity index (χ1) is 12.8. The third-order valence-electron chi connectivity index (χ3n) is 4.80. The summed E-state index contributed by atoms with van der Waals surface area (Å²) >= 11 is 3.63. The highest BCUT2D eigenvalue weighted by molar-refractivity contribution is 7.24. The second kappa shape index (κ2) is 8.28. The maximum Gasteiger partial charge on any atom is 0.119 e. The van der Waals surface area contributed by atoms with Gasteiger partial charge in [-0.1, -0.05) is 39.0 Å². The number of benzene rings is 1. The molecule has 3 heterocycles. The largest absolute Gasteiger partial charge is 0.494 e. The molecule has 0 aliphatic carbocycles. The van der Waals surface area contributed by atoms with Crippen LogP contribution >= 0.6 is 22.7 Å². The topological polar surface area (TPSA) is 25.0 Å². The molecule has 0 atom stereocenters. The van der Waals surface area contributed by atoms with Gasteiger partial charge in [-0.05, 0) is 53.8 Å². The number of H-pyrrole nitrogens is 1. The molecule has 4 rings (SSSR count). The zero-order chi connectivity index (χ0) is 17.8. The Morgan fingerprint density at radius 2 is 1.77 bits per heavy atom. The van der Waals surface area contributed by atoms with E-state index in [1.165, 1.54) is 63.0 Å². The van der Waals surface area contributed by atoms with Gasteiger partial charge in [-0.2, -0.15) is 0 Å². The lowest BCUT2D eigenvalue weighted by Gasteiger charge is -2.07. The Bertz CT molecular complexity index is 961. The monoisotopic (exact) mass is 383 g/mol. The summed E-state index contributed by atoms with van der Waals surface area (Å²) in [5.74, 6) is 0.977. The van der Waals surface area contributed by atoms with Gasteiger partial charge >= 0.3 is 0 Å². The van der Waals surface area contributed by atoms with Gasteiger partial charge < -0.3 is 9.72 Å². The molecule has 0 unspecified atom stereocenters. The van der Waals surface area contributed by atoms with E-state index in [1.807, 2.05) is 11.3 Å². The van der Waals surface area contributed by atoms with Crippen molar-refractivity contribution < 1.29 is 4.74 Å². The lowest BCUT2D eigenvalue weighted by Crippen LogP contribution is -1.97. The Morgan fingerprint density at radius 3 is 2.62 bits per heavy atom. The molecule has 1 aromatic carbocycles. The quantitative estimate of drug-likeness (QED) is 0.292. The van der Waals surface area contributed by atoms with E-state index in [2.05, 4.69) is 53.7 Å². The number of rotatable bonds is 9. The zero-order valence-corrected chi connectivity index (χ0v) is 16.8. The van der Waals surface area contributed by atoms with Crippen molar-refractivity contribution in [2.75, 3.05) is 6.61 Å². The highest BCUT2D eigenvalue weighted by Crippen LogP contribution is 2.39. The second-order valence-corrected chi connectivity index (χ2v) is 8.75. The van der Waals surface area contributed by atoms with Crippen LogP contribution in [0.2, 0.25) is 0 Å². The number of thiophene rings is 2. The molecule has 0 radical (unpaired) electrons. The molecule has 0 aliphatic heterocycles. The second-order valence-electron chi connectivity index (χ2n) is 6.78. The molecule has 3 aromatic heterocycles. The van der Waals surface area contributed by atoms with E-state index in [9.17, 15) is 0 Å². The summed E-state index contributed by atoms with van der Waals surface area (Å²) < 4.78 is 7.25. The van der Waals surface area contributed by atoms with Crippen molar-refractivity contribution in [3.63, 3.8) is 0 Å². The molecule has 2 nitrogen and oxygen atoms in total. The first kappa shape index (κ1) is 17.6. The normalized spacial score (nSPS) is 11.6. The van der Waals surface area contributed by atoms with Crippen molar-refractivity contribution >= 4 is 43.1 Å². The molecule has 4 aromatic rings. The fourth-order valence-electron chi connectivity index (χ4n) is 3.32. The molecule has 0 aliphatic rings. The minimum absolute atomic E-state index is 0.823. The third-order valence-corrected chi connectivity index (χ3v) is 6.84. The maximum absolute atomic E-state index is 5.89. The number of nitrogens with one attached hydrogen (secondary N) is 1. The number of ether oxygens (including phenoxy) is 1. The highest BCUT2D eigenvalue weighted by Gasteiger charge is 2.11. The number of hydrogen-bond acceptors (Lipinski definition) is 3. The number of aromatic nitrogens is 1. The van der Waals surface area contributed by atoms with Crippen molar-refractivity contribution in [1.82, 2.24) is 4.98 Å². The van der Waals surface area contributed by atoms with Crippen molar-refractivity contribution in [1.29, 1.82) is 0 Å². The summed E-state index contributed by atoms with van der Waals surface area (Å²) in [5.41, 5.74) is 2.50. The number of fused-ring (bicyclic) bond motifs is 3. The van der Waals surface area contributed by atoms with Gasteiger partial charge in [-0.3, -0.25) is 0 Å². The van der Waals surface area contributed by atoms with Gasteiger partial charge in [0.2, 0.25) is 0 Å². The van der Waals surface area contributed by atoms with Crippen LogP contribution in [0.1, 0.15) is 45.4 Å². The molecule has 26 heavy (non-hydrogen) atoms. The SMILES string of the molecule is CCCCCCCCOc1ccc(-c2cc3[nH]c4sccc4c3s2)cc1. The van der Waals surface area contributed by atoms with E-state index >= 15 is 0 Å². The molecule has 0 saturated heterocycles. The molecule has 1 N–H and O–H groups in total. The van der Waals surface area contributed by atoms with E-state index in [1.54, 1.807) is 11.3 Å². The van der Waals surface area contributed by atoms with Crippen molar-refractivity contribution in [3.8, 4) is 16.2 Å². The Morgan fingerprint density at radius 1 is 0.962 bits per heavy atom. The van der Waals surface area contributed by atoms with Crippen LogP contribution in [0.5, 0.6) is 5.75 Å². The van der Waals surface area contributed by atoms with Gasteiger partial charge in [-0.15, -0.1) is 22.7 Å². The molecular weight excluding hydrogens is 358 g/mol. The molecule has 0 fully saturated rings. The first-order valence-electron chi connectivity index (χ1n) is 9.57. The van der Waals surface area contributed by atoms with Crippen LogP contribution in [-0.2, 0) is 0 Å². The van der Waals surface area contributed by atoms with Gasteiger partial charge in [-0.25, -0.2) is 0 Å². The van der Waals surface area contributed by atoms with Crippen LogP contribution in [0.4, 0.5) is 0 Å². The van der Waals surface area contributed by atoms with E-state index in [0.717, 1.165) is 18.8 Å². The minimum Gasteiger partial charge on any atom is -0.494 e. The Kier molecular flexibility index (Phi) is 5.61. The van der Waals surface area contributed by atoms with Crippen LogP contribution in [0, 0.1) is 0 Å². The van der Waals surface area contributed by atoms with Gasteiger partial charge in [0, 0.05) is 10.3 Å². The molecular formula is C22H25NOS2. The van der Waals surface area contributed by atoms with Crippen molar-refractivity contribution in [2.24, 2.45) is 0 Å². The average molecular weight is 384 g/mol. The third kappa shape index (κ3) is 3.81. The van der Waals surface area contributed by atoms with E-state index < -0.39 is 0 Å². The fourth-order valence-corrected chi connectivity index (χ4v) is 5.34. The van der Waals surface area contributed by atoms with Gasteiger partial charge in [0.05, 0.1) is 16.8 Å². The first-order valence-corrected chi connectivity index (χ1v) is 11.3. The van der Waals surface area contributed by atoms with Crippen LogP contribution in [0.25, 0.3) is 30.9 Å². The summed E-state index contributed by atoms with van der Waals surface area (Å²) in [5, 5.41) is 3.50. The lowest BCUT2D eigenvalue weighted by atomic mass is 10.1. The molecule has 0 amide bonds. The summed E-state index contributed by atoms with van der Waals surface area (Å²) in [4.78, 5) is 6.10. The van der Waals surface area contributed by atoms with Crippen LogP contribution in [-0.4, -0.2) is 11.6 Å². The summed E-state index contributed by atoms with van der Waals surface area (Å²) in [6.45, 7) is 3.08. The molecule has 0 bridgehead atoms. The van der Waals surface area contributed by atoms with E-state index in [4.69, 9.17) is 4.74 Å². The minimum atomic E-state index is 0.823. The van der Waals surface area contributed by atoms with Crippen molar-refractivity contribution in [3.05, 3.63) is 41.8 Å². The predicted molar refractivity (Wildman–Crippen MR) is 116 cm³/mol. The molecule has 0 spiro atoms. The van der Waals surface area contributed by atoms with Crippen LogP contribution < -0.4 is 4.74 Å². The molecule has 136 valence electrons. The Hall–Kier alpha value is -1.78. The van der Waals surface area contributed by atoms with Crippen LogP contribution in [0.15, 0.2) is 41.8 Å². The Labute approximate surface area is 162 Å². The fraction of sp³-hybridized carbons (Fsp3) is 0.364. The average Bonchev–Trinajstić information content (AvgIpc) is 3.34. The summed E-state index contributed by atoms with van der Waals surface area (Å²) in [7, 11) is 0. The standard InChI is InChI=1S/C22H25NOS2/c1-2-3-4-5-6-7-13-24-17-10-8-16(9-11-17)20-15-19-21(26-20)18-12-14-25-22(18)23-19/h8-12,14-15,23H,2-7,13H2,1H3. The molecule has 4 heteroatoms. The highest BCUT2D eigenvalue weighted by atomic mass is 32.1. The van der Waals surface area contributed by atoms with Crippen LogP contribution in [0.3, 0.4) is 0 Å². The predicted octanol–water partition coefficient (Wildman–Crippen LogP) is 7.85. The smallest absolute Gasteiger partial charge is 0.119 e. The van der Waals surface area contributed by atoms with Gasteiger partial charge in [0.25, 0.3) is 0 Å². The van der Waals surface area contributed by atoms with Crippen molar-refractivity contribution in [2.45, 2.75) is 45.4 Å². The molecule has 0 saturated carbocycles. The number of hydrogen-bond donors (Lipinski definition) is 1. The summed E-state index contributed by atoms with van der Waals surface area (Å²) in [6, 6.07) is 13.0. The number of aromatic amines is 1. The van der Waals surface area contributed by atoms with Gasteiger partial charge in [0.15, 0.2) is 0 Å². The Balaban J connectivity index is 1.34. The lowest BCUT2D eigenvalue weighted by molar-refractivity contribution is 0.304. The van der Waals surface area contributed by atoms with E-state index in [0.29, 0.717) is 0 Å². The number of unbranched alkanes of at least 4 members (excludes halogenated alkanes) is 5.